The second-order valence-corrected chi connectivity index (χ2v) is 7.66. The van der Waals surface area contributed by atoms with Crippen molar-refractivity contribution in [3.8, 4) is 11.5 Å². The molecular formula is C25H22N2O8. The SMILES string of the molecule is CC(=O)c1cc2c(cc1NC(=O)COC(=O)C(Cc1ccccc1)NC(=O)c1ccco1)OCO2. The third-order valence-electron chi connectivity index (χ3n) is 5.13. The fraction of sp³-hybridized carbons (Fsp3) is 0.200. The van der Waals surface area contributed by atoms with Gasteiger partial charge in [0.2, 0.25) is 6.79 Å². The first kappa shape index (κ1) is 23.6. The van der Waals surface area contributed by atoms with Gasteiger partial charge in [-0.2, -0.15) is 0 Å². The predicted molar refractivity (Wildman–Crippen MR) is 122 cm³/mol. The monoisotopic (exact) mass is 478 g/mol. The number of benzene rings is 2. The number of amides is 2. The van der Waals surface area contributed by atoms with Gasteiger partial charge in [-0.25, -0.2) is 4.79 Å². The Morgan fingerprint density at radius 1 is 1.00 bits per heavy atom. The predicted octanol–water partition coefficient (Wildman–Crippen LogP) is 2.73. The Morgan fingerprint density at radius 3 is 2.43 bits per heavy atom. The van der Waals surface area contributed by atoms with E-state index in [0.717, 1.165) is 5.56 Å². The molecule has 1 aromatic heterocycles. The molecule has 1 unspecified atom stereocenters. The Kier molecular flexibility index (Phi) is 7.10. The van der Waals surface area contributed by atoms with E-state index >= 15 is 0 Å². The topological polar surface area (TPSA) is 133 Å². The molecule has 2 amide bonds. The van der Waals surface area contributed by atoms with Crippen LogP contribution in [0.5, 0.6) is 11.5 Å². The number of nitrogens with one attached hydrogen (secondary N) is 2. The van der Waals surface area contributed by atoms with Gasteiger partial charge in [0.15, 0.2) is 29.6 Å². The van der Waals surface area contributed by atoms with Crippen LogP contribution in [0.3, 0.4) is 0 Å². The van der Waals surface area contributed by atoms with Crippen molar-refractivity contribution in [1.29, 1.82) is 0 Å². The fourth-order valence-electron chi connectivity index (χ4n) is 3.44. The van der Waals surface area contributed by atoms with Crippen molar-refractivity contribution >= 4 is 29.3 Å². The number of hydrogen-bond donors (Lipinski definition) is 2. The van der Waals surface area contributed by atoms with Gasteiger partial charge in [0.25, 0.3) is 11.8 Å². The van der Waals surface area contributed by atoms with Crippen molar-refractivity contribution in [2.45, 2.75) is 19.4 Å². The van der Waals surface area contributed by atoms with Crippen molar-refractivity contribution in [2.24, 2.45) is 0 Å². The van der Waals surface area contributed by atoms with Gasteiger partial charge in [0, 0.05) is 18.1 Å². The normalized spacial score (nSPS) is 12.5. The molecule has 10 nitrogen and oxygen atoms in total. The first-order valence-electron chi connectivity index (χ1n) is 10.7. The highest BCUT2D eigenvalue weighted by Crippen LogP contribution is 2.37. The number of anilines is 1. The molecule has 10 heteroatoms. The van der Waals surface area contributed by atoms with E-state index in [-0.39, 0.29) is 36.0 Å². The van der Waals surface area contributed by atoms with E-state index in [1.807, 2.05) is 6.07 Å². The molecule has 0 radical (unpaired) electrons. The largest absolute Gasteiger partial charge is 0.459 e. The van der Waals surface area contributed by atoms with E-state index in [1.165, 1.54) is 31.4 Å². The summed E-state index contributed by atoms with van der Waals surface area (Å²) in [6, 6.07) is 13.9. The van der Waals surface area contributed by atoms with Gasteiger partial charge in [0.1, 0.15) is 6.04 Å². The van der Waals surface area contributed by atoms with Gasteiger partial charge in [-0.1, -0.05) is 30.3 Å². The van der Waals surface area contributed by atoms with Crippen LogP contribution in [0.25, 0.3) is 0 Å². The van der Waals surface area contributed by atoms with Crippen molar-refractivity contribution in [3.05, 3.63) is 77.7 Å². The lowest BCUT2D eigenvalue weighted by Crippen LogP contribution is -2.44. The number of rotatable bonds is 9. The third-order valence-corrected chi connectivity index (χ3v) is 5.13. The Balaban J connectivity index is 1.42. The highest BCUT2D eigenvalue weighted by atomic mass is 16.7. The summed E-state index contributed by atoms with van der Waals surface area (Å²) in [5.74, 6) is -1.55. The van der Waals surface area contributed by atoms with Crippen LogP contribution in [0.1, 0.15) is 33.4 Å². The summed E-state index contributed by atoms with van der Waals surface area (Å²) in [7, 11) is 0. The minimum atomic E-state index is -1.07. The number of hydrogen-bond acceptors (Lipinski definition) is 8. The van der Waals surface area contributed by atoms with E-state index in [4.69, 9.17) is 18.6 Å². The average Bonchev–Trinajstić information content (AvgIpc) is 3.54. The Labute approximate surface area is 200 Å². The lowest BCUT2D eigenvalue weighted by molar-refractivity contribution is -0.149. The molecule has 0 bridgehead atoms. The molecule has 0 spiro atoms. The van der Waals surface area contributed by atoms with Gasteiger partial charge in [-0.05, 0) is 30.7 Å². The minimum absolute atomic E-state index is 0.00815. The first-order valence-corrected chi connectivity index (χ1v) is 10.7. The first-order chi connectivity index (χ1) is 16.9. The Morgan fingerprint density at radius 2 is 1.74 bits per heavy atom. The van der Waals surface area contributed by atoms with E-state index in [1.54, 1.807) is 30.3 Å². The Hall–Kier alpha value is -4.60. The molecule has 2 heterocycles. The number of furan rings is 1. The van der Waals surface area contributed by atoms with Gasteiger partial charge < -0.3 is 29.3 Å². The molecule has 1 atom stereocenters. The average molecular weight is 478 g/mol. The van der Waals surface area contributed by atoms with E-state index in [2.05, 4.69) is 10.6 Å². The van der Waals surface area contributed by atoms with Crippen LogP contribution in [0, 0.1) is 0 Å². The number of Topliss-reactive ketones (excluding diaryl/α,β-unsaturated/α-hetero) is 1. The molecular weight excluding hydrogens is 456 g/mol. The zero-order valence-corrected chi connectivity index (χ0v) is 18.7. The number of carbonyl (C=O) groups is 4. The molecule has 0 fully saturated rings. The summed E-state index contributed by atoms with van der Waals surface area (Å²) in [6.45, 7) is 0.726. The highest BCUT2D eigenvalue weighted by Gasteiger charge is 2.26. The van der Waals surface area contributed by atoms with E-state index < -0.39 is 30.4 Å². The summed E-state index contributed by atoms with van der Waals surface area (Å²) in [4.78, 5) is 49.7. The molecule has 3 aromatic rings. The van der Waals surface area contributed by atoms with E-state index in [9.17, 15) is 19.2 Å². The maximum absolute atomic E-state index is 12.8. The maximum atomic E-state index is 12.8. The molecule has 1 aliphatic heterocycles. The smallest absolute Gasteiger partial charge is 0.329 e. The summed E-state index contributed by atoms with van der Waals surface area (Å²) in [5, 5.41) is 5.13. The van der Waals surface area contributed by atoms with Crippen LogP contribution in [-0.2, 0) is 20.7 Å². The second kappa shape index (κ2) is 10.6. The van der Waals surface area contributed by atoms with Gasteiger partial charge in [-0.3, -0.25) is 14.4 Å². The number of carbonyl (C=O) groups excluding carboxylic acids is 4. The lowest BCUT2D eigenvalue weighted by Gasteiger charge is -2.17. The highest BCUT2D eigenvalue weighted by molar-refractivity contribution is 6.05. The Bertz CT molecular complexity index is 1240. The summed E-state index contributed by atoms with van der Waals surface area (Å²) < 4.78 is 20.8. The number of ether oxygens (including phenoxy) is 3. The lowest BCUT2D eigenvalue weighted by atomic mass is 10.1. The van der Waals surface area contributed by atoms with Crippen molar-refractivity contribution < 1.29 is 37.8 Å². The summed E-state index contributed by atoms with van der Waals surface area (Å²) >= 11 is 0. The van der Waals surface area contributed by atoms with Crippen molar-refractivity contribution in [1.82, 2.24) is 5.32 Å². The quantitative estimate of drug-likeness (QED) is 0.354. The van der Waals surface area contributed by atoms with Crippen molar-refractivity contribution in [2.75, 3.05) is 18.7 Å². The van der Waals surface area contributed by atoms with Crippen LogP contribution < -0.4 is 20.1 Å². The van der Waals surface area contributed by atoms with Gasteiger partial charge in [0.05, 0.1) is 12.0 Å². The van der Waals surface area contributed by atoms with Crippen LogP contribution in [0.2, 0.25) is 0 Å². The van der Waals surface area contributed by atoms with Crippen LogP contribution in [0.15, 0.2) is 65.3 Å². The molecule has 180 valence electrons. The molecule has 4 rings (SSSR count). The van der Waals surface area contributed by atoms with Crippen LogP contribution in [-0.4, -0.2) is 43.0 Å². The number of ketones is 1. The zero-order chi connectivity index (χ0) is 24.8. The second-order valence-electron chi connectivity index (χ2n) is 7.66. The molecule has 0 saturated heterocycles. The summed E-state index contributed by atoms with van der Waals surface area (Å²) in [6.07, 6.45) is 1.49. The zero-order valence-electron chi connectivity index (χ0n) is 18.7. The van der Waals surface area contributed by atoms with Crippen molar-refractivity contribution in [3.63, 3.8) is 0 Å². The van der Waals surface area contributed by atoms with Gasteiger partial charge >= 0.3 is 5.97 Å². The van der Waals surface area contributed by atoms with Crippen LogP contribution >= 0.6 is 0 Å². The number of fused-ring (bicyclic) bond motifs is 1. The molecule has 0 aliphatic carbocycles. The standard InChI is InChI=1S/C25H22N2O8/c1-15(28)17-11-21-22(35-14-34-21)12-18(17)26-23(29)13-33-25(31)19(10-16-6-3-2-4-7-16)27-24(30)20-8-5-9-32-20/h2-9,11-12,19H,10,13-14H2,1H3,(H,26,29)(H,27,30). The van der Waals surface area contributed by atoms with Crippen LogP contribution in [0.4, 0.5) is 5.69 Å². The molecule has 35 heavy (non-hydrogen) atoms. The number of esters is 1. The molecule has 2 N–H and O–H groups in total. The fourth-order valence-corrected chi connectivity index (χ4v) is 3.44. The van der Waals surface area contributed by atoms with E-state index in [0.29, 0.717) is 11.5 Å². The summed E-state index contributed by atoms with van der Waals surface area (Å²) in [5.41, 5.74) is 1.21. The maximum Gasteiger partial charge on any atom is 0.329 e. The van der Waals surface area contributed by atoms with Gasteiger partial charge in [-0.15, -0.1) is 0 Å². The molecule has 2 aromatic carbocycles. The third kappa shape index (κ3) is 5.85. The minimum Gasteiger partial charge on any atom is -0.459 e. The molecule has 0 saturated carbocycles. The molecule has 1 aliphatic rings.